The first kappa shape index (κ1) is 13.6. The molecule has 3 rings (SSSR count). The van der Waals surface area contributed by atoms with Gasteiger partial charge in [-0.3, -0.25) is 14.3 Å². The Morgan fingerprint density at radius 3 is 2.85 bits per heavy atom. The number of thiazole rings is 1. The molecule has 106 valence electrons. The number of fused-ring (bicyclic) bond motifs is 1. The fourth-order valence-corrected chi connectivity index (χ4v) is 5.07. The highest BCUT2D eigenvalue weighted by molar-refractivity contribution is 7.88. The predicted octanol–water partition coefficient (Wildman–Crippen LogP) is 2.06. The van der Waals surface area contributed by atoms with Gasteiger partial charge in [-0.15, -0.1) is 11.3 Å². The molecule has 1 aromatic heterocycles. The van der Waals surface area contributed by atoms with Crippen LogP contribution in [0.15, 0.2) is 22.5 Å². The maximum Gasteiger partial charge on any atom is 0.271 e. The lowest BCUT2D eigenvalue weighted by atomic mass is 10.2. The lowest BCUT2D eigenvalue weighted by molar-refractivity contribution is -0.384. The Kier molecular flexibility index (Phi) is 3.77. The van der Waals surface area contributed by atoms with E-state index in [9.17, 15) is 14.3 Å². The molecule has 0 amide bonds. The predicted molar refractivity (Wildman–Crippen MR) is 78.6 cm³/mol. The Balaban J connectivity index is 1.92. The van der Waals surface area contributed by atoms with Crippen LogP contribution < -0.4 is 5.32 Å². The fraction of sp³-hybridized carbons (Fsp3) is 0.417. The van der Waals surface area contributed by atoms with Crippen molar-refractivity contribution in [3.63, 3.8) is 0 Å². The molecule has 0 radical (unpaired) electrons. The molecule has 0 spiro atoms. The molecule has 1 aliphatic rings. The van der Waals surface area contributed by atoms with Crippen LogP contribution in [0.5, 0.6) is 0 Å². The number of nitro groups is 1. The summed E-state index contributed by atoms with van der Waals surface area (Å²) in [5.41, 5.74) is 0.573. The number of piperidine rings is 1. The number of benzene rings is 1. The summed E-state index contributed by atoms with van der Waals surface area (Å²) in [5.74, 6) is 0. The van der Waals surface area contributed by atoms with Gasteiger partial charge in [0.1, 0.15) is 0 Å². The summed E-state index contributed by atoms with van der Waals surface area (Å²) in [7, 11) is -1.12. The van der Waals surface area contributed by atoms with Gasteiger partial charge in [-0.25, -0.2) is 4.98 Å². The Morgan fingerprint density at radius 1 is 1.40 bits per heavy atom. The van der Waals surface area contributed by atoms with Crippen molar-refractivity contribution in [2.24, 2.45) is 0 Å². The smallest absolute Gasteiger partial charge is 0.271 e. The second kappa shape index (κ2) is 5.55. The minimum absolute atomic E-state index is 0.0157. The van der Waals surface area contributed by atoms with Gasteiger partial charge in [0.15, 0.2) is 4.34 Å². The molecule has 1 aliphatic heterocycles. The molecule has 0 saturated carbocycles. The summed E-state index contributed by atoms with van der Waals surface area (Å²) >= 11 is 1.37. The van der Waals surface area contributed by atoms with E-state index in [1.165, 1.54) is 23.5 Å². The topological polar surface area (TPSA) is 85.1 Å². The molecule has 0 unspecified atom stereocenters. The lowest BCUT2D eigenvalue weighted by Gasteiger charge is -2.20. The summed E-state index contributed by atoms with van der Waals surface area (Å²) in [6.45, 7) is 1.76. The zero-order chi connectivity index (χ0) is 14.1. The minimum Gasteiger partial charge on any atom is -0.317 e. The van der Waals surface area contributed by atoms with Gasteiger partial charge in [0.2, 0.25) is 0 Å². The quantitative estimate of drug-likeness (QED) is 0.693. The summed E-state index contributed by atoms with van der Waals surface area (Å²) in [5, 5.41) is 14.1. The second-order valence-electron chi connectivity index (χ2n) is 4.64. The number of aromatic nitrogens is 1. The normalized spacial score (nSPS) is 18.2. The van der Waals surface area contributed by atoms with E-state index in [0.29, 0.717) is 9.86 Å². The van der Waals surface area contributed by atoms with Crippen LogP contribution in [-0.2, 0) is 10.8 Å². The average molecular weight is 311 g/mol. The SMILES string of the molecule is O=[N+]([O-])c1ccc2sc([S@](=O)C3CCNCC3)nc2c1. The van der Waals surface area contributed by atoms with E-state index in [1.807, 2.05) is 0 Å². The highest BCUT2D eigenvalue weighted by atomic mass is 32.2. The summed E-state index contributed by atoms with van der Waals surface area (Å²) in [4.78, 5) is 14.6. The minimum atomic E-state index is -1.12. The van der Waals surface area contributed by atoms with Crippen molar-refractivity contribution >= 4 is 38.0 Å². The van der Waals surface area contributed by atoms with Crippen molar-refractivity contribution in [1.29, 1.82) is 0 Å². The van der Waals surface area contributed by atoms with Gasteiger partial charge in [-0.1, -0.05) is 0 Å². The van der Waals surface area contributed by atoms with E-state index in [1.54, 1.807) is 6.07 Å². The maximum absolute atomic E-state index is 12.5. The molecule has 1 atom stereocenters. The van der Waals surface area contributed by atoms with E-state index in [0.717, 1.165) is 30.6 Å². The highest BCUT2D eigenvalue weighted by Crippen LogP contribution is 2.29. The molecule has 20 heavy (non-hydrogen) atoms. The van der Waals surface area contributed by atoms with E-state index in [4.69, 9.17) is 0 Å². The van der Waals surface area contributed by atoms with Crippen LogP contribution in [0.4, 0.5) is 5.69 Å². The van der Waals surface area contributed by atoms with Crippen molar-refractivity contribution in [2.45, 2.75) is 22.4 Å². The Morgan fingerprint density at radius 2 is 2.15 bits per heavy atom. The average Bonchev–Trinajstić information content (AvgIpc) is 2.90. The molecule has 6 nitrogen and oxygen atoms in total. The molecule has 8 heteroatoms. The number of rotatable bonds is 3. The van der Waals surface area contributed by atoms with E-state index in [2.05, 4.69) is 10.3 Å². The molecule has 0 aliphatic carbocycles. The maximum atomic E-state index is 12.5. The van der Waals surface area contributed by atoms with Crippen LogP contribution in [0.25, 0.3) is 10.2 Å². The molecule has 1 saturated heterocycles. The van der Waals surface area contributed by atoms with Crippen molar-refractivity contribution < 1.29 is 9.13 Å². The van der Waals surface area contributed by atoms with Crippen LogP contribution in [0, 0.1) is 10.1 Å². The third-order valence-corrected chi connectivity index (χ3v) is 6.41. The zero-order valence-corrected chi connectivity index (χ0v) is 12.2. The molecular weight excluding hydrogens is 298 g/mol. The third kappa shape index (κ3) is 2.58. The van der Waals surface area contributed by atoms with Gasteiger partial charge in [0.25, 0.3) is 5.69 Å². The molecular formula is C12H13N3O3S2. The number of hydrogen-bond acceptors (Lipinski definition) is 6. The molecule has 0 bridgehead atoms. The van der Waals surface area contributed by atoms with Crippen LogP contribution in [-0.4, -0.2) is 32.5 Å². The van der Waals surface area contributed by atoms with Gasteiger partial charge in [0.05, 0.1) is 25.9 Å². The summed E-state index contributed by atoms with van der Waals surface area (Å²) in [6.07, 6.45) is 1.76. The number of nitro benzene ring substituents is 1. The van der Waals surface area contributed by atoms with Crippen LogP contribution in [0.2, 0.25) is 0 Å². The zero-order valence-electron chi connectivity index (χ0n) is 10.6. The van der Waals surface area contributed by atoms with Crippen LogP contribution in [0.3, 0.4) is 0 Å². The Bertz CT molecular complexity index is 680. The largest absolute Gasteiger partial charge is 0.317 e. The molecule has 1 aromatic carbocycles. The fourth-order valence-electron chi connectivity index (χ4n) is 2.25. The lowest BCUT2D eigenvalue weighted by Crippen LogP contribution is -2.33. The third-order valence-electron chi connectivity index (χ3n) is 3.32. The van der Waals surface area contributed by atoms with Crippen LogP contribution >= 0.6 is 11.3 Å². The van der Waals surface area contributed by atoms with E-state index < -0.39 is 15.7 Å². The molecule has 1 fully saturated rings. The first-order chi connectivity index (χ1) is 9.65. The van der Waals surface area contributed by atoms with Crippen molar-refractivity contribution in [3.8, 4) is 0 Å². The van der Waals surface area contributed by atoms with E-state index in [-0.39, 0.29) is 10.9 Å². The highest BCUT2D eigenvalue weighted by Gasteiger charge is 2.24. The molecule has 2 heterocycles. The van der Waals surface area contributed by atoms with Gasteiger partial charge < -0.3 is 5.32 Å². The van der Waals surface area contributed by atoms with Gasteiger partial charge in [-0.2, -0.15) is 0 Å². The summed E-state index contributed by atoms with van der Waals surface area (Å²) in [6, 6.07) is 4.57. The first-order valence-corrected chi connectivity index (χ1v) is 8.34. The van der Waals surface area contributed by atoms with Gasteiger partial charge in [-0.05, 0) is 32.0 Å². The van der Waals surface area contributed by atoms with E-state index >= 15 is 0 Å². The second-order valence-corrected chi connectivity index (χ2v) is 7.57. The number of nitrogens with one attached hydrogen (secondary N) is 1. The number of hydrogen-bond donors (Lipinski definition) is 1. The van der Waals surface area contributed by atoms with Crippen LogP contribution in [0.1, 0.15) is 12.8 Å². The van der Waals surface area contributed by atoms with Crippen molar-refractivity contribution in [2.75, 3.05) is 13.1 Å². The first-order valence-electron chi connectivity index (χ1n) is 6.31. The van der Waals surface area contributed by atoms with Crippen molar-refractivity contribution in [3.05, 3.63) is 28.3 Å². The van der Waals surface area contributed by atoms with Crippen molar-refractivity contribution in [1.82, 2.24) is 10.3 Å². The molecule has 1 N–H and O–H groups in total. The monoisotopic (exact) mass is 311 g/mol. The van der Waals surface area contributed by atoms with Gasteiger partial charge in [0, 0.05) is 17.4 Å². The Labute approximate surface area is 121 Å². The van der Waals surface area contributed by atoms with Gasteiger partial charge >= 0.3 is 0 Å². The summed E-state index contributed by atoms with van der Waals surface area (Å²) < 4.78 is 13.9. The number of nitrogens with zero attached hydrogens (tertiary/aromatic N) is 2. The Hall–Kier alpha value is -1.38. The number of non-ortho nitro benzene ring substituents is 1. The molecule has 2 aromatic rings. The standard InChI is InChI=1S/C12H13N3O3S2/c16-15(17)8-1-2-11-10(7-8)14-12(19-11)20(18)9-3-5-13-6-4-9/h1-2,7,9,13H,3-6H2/t20-/m1/s1.